The largest absolute Gasteiger partial charge is 0.332 e. The maximum atomic E-state index is 13.6. The average Bonchev–Trinajstić information content (AvgIpc) is 2.81. The number of ketones is 1. The van der Waals surface area contributed by atoms with Gasteiger partial charge in [-0.1, -0.05) is 37.8 Å². The zero-order valence-electron chi connectivity index (χ0n) is 20.3. The summed E-state index contributed by atoms with van der Waals surface area (Å²) in [5, 5.41) is 0.538. The smallest absolute Gasteiger partial charge is 0.298 e. The Hall–Kier alpha value is -2.21. The van der Waals surface area contributed by atoms with Gasteiger partial charge in [-0.15, -0.1) is 0 Å². The molecule has 34 heavy (non-hydrogen) atoms. The van der Waals surface area contributed by atoms with Crippen LogP contribution in [0, 0.1) is 11.8 Å². The zero-order chi connectivity index (χ0) is 23.4. The van der Waals surface area contributed by atoms with E-state index in [1.165, 1.54) is 73.8 Å². The second kappa shape index (κ2) is 8.78. The van der Waals surface area contributed by atoms with Crippen LogP contribution in [0.1, 0.15) is 83.6 Å². The molecule has 3 heterocycles. The number of carbonyl (C=O) groups is 1. The van der Waals surface area contributed by atoms with Crippen LogP contribution in [0.2, 0.25) is 0 Å². The van der Waals surface area contributed by atoms with E-state index in [1.807, 2.05) is 12.1 Å². The van der Waals surface area contributed by atoms with Crippen molar-refractivity contribution in [3.05, 3.63) is 45.1 Å². The fourth-order valence-electron chi connectivity index (χ4n) is 8.17. The molecule has 6 heteroatoms. The van der Waals surface area contributed by atoms with Crippen LogP contribution in [-0.2, 0) is 11.3 Å². The predicted molar refractivity (Wildman–Crippen MR) is 133 cm³/mol. The number of carbonyl (C=O) groups excluding carboxylic acids is 1. The molecule has 4 bridgehead atoms. The monoisotopic (exact) mass is 463 g/mol. The van der Waals surface area contributed by atoms with Crippen molar-refractivity contribution in [2.24, 2.45) is 11.8 Å². The Kier molecular flexibility index (Phi) is 5.75. The number of fused-ring (bicyclic) bond motifs is 5. The molecule has 4 aliphatic rings. The van der Waals surface area contributed by atoms with Gasteiger partial charge in [-0.2, -0.15) is 0 Å². The van der Waals surface area contributed by atoms with E-state index >= 15 is 0 Å². The van der Waals surface area contributed by atoms with Crippen LogP contribution < -0.4 is 11.2 Å². The Morgan fingerprint density at radius 1 is 0.824 bits per heavy atom. The Balaban J connectivity index is 1.35. The van der Waals surface area contributed by atoms with Gasteiger partial charge in [0.25, 0.3) is 5.56 Å². The number of hydrogen-bond donors (Lipinski definition) is 0. The van der Waals surface area contributed by atoms with Crippen molar-refractivity contribution in [2.45, 2.75) is 108 Å². The van der Waals surface area contributed by atoms with Crippen LogP contribution >= 0.6 is 0 Å². The lowest BCUT2D eigenvalue weighted by atomic mass is 9.68. The molecule has 2 aliphatic heterocycles. The summed E-state index contributed by atoms with van der Waals surface area (Å²) in [6.07, 6.45) is 13.7. The highest BCUT2D eigenvalue weighted by Gasteiger charge is 2.45. The molecule has 4 fully saturated rings. The summed E-state index contributed by atoms with van der Waals surface area (Å²) in [6.45, 7) is 1.51. The number of piperidine rings is 2. The van der Waals surface area contributed by atoms with E-state index in [2.05, 4.69) is 4.90 Å². The van der Waals surface area contributed by atoms with Crippen molar-refractivity contribution in [3.8, 4) is 0 Å². The molecule has 0 spiro atoms. The first-order chi connectivity index (χ1) is 16.5. The standard InChI is InChI=1S/C28H37N3O3/c1-18(32)17-29-26-11-3-2-10-25(26)27(33)31(28(29)34)24-15-21-8-5-9-22(16-24)30(21)23-13-19-6-4-7-20(12-19)14-23/h2-3,10-11,19-24H,4-9,12-17H2,1H3. The molecular weight excluding hydrogens is 426 g/mol. The van der Waals surface area contributed by atoms with Gasteiger partial charge in [0, 0.05) is 24.2 Å². The summed E-state index contributed by atoms with van der Waals surface area (Å²) in [5.41, 5.74) is 0.0575. The lowest BCUT2D eigenvalue weighted by Crippen LogP contribution is -2.59. The van der Waals surface area contributed by atoms with Crippen LogP contribution in [0.25, 0.3) is 10.9 Å². The molecule has 2 saturated carbocycles. The second-order valence-corrected chi connectivity index (χ2v) is 11.6. The second-order valence-electron chi connectivity index (χ2n) is 11.6. The Morgan fingerprint density at radius 2 is 1.47 bits per heavy atom. The van der Waals surface area contributed by atoms with Gasteiger partial charge in [0.1, 0.15) is 5.78 Å². The Bertz CT molecular complexity index is 1190. The molecule has 2 aromatic rings. The van der Waals surface area contributed by atoms with Gasteiger partial charge in [-0.05, 0) is 75.8 Å². The third-order valence-electron chi connectivity index (χ3n) is 9.36. The van der Waals surface area contributed by atoms with E-state index in [9.17, 15) is 14.4 Å². The molecule has 6 rings (SSSR count). The summed E-state index contributed by atoms with van der Waals surface area (Å²) >= 11 is 0. The number of aromatic nitrogens is 2. The summed E-state index contributed by atoms with van der Waals surface area (Å²) < 4.78 is 3.03. The van der Waals surface area contributed by atoms with Gasteiger partial charge in [0.15, 0.2) is 0 Å². The van der Waals surface area contributed by atoms with Gasteiger partial charge in [-0.3, -0.25) is 23.6 Å². The number of rotatable bonds is 4. The van der Waals surface area contributed by atoms with Crippen molar-refractivity contribution in [1.82, 2.24) is 14.0 Å². The third-order valence-corrected chi connectivity index (χ3v) is 9.36. The van der Waals surface area contributed by atoms with Crippen molar-refractivity contribution >= 4 is 16.7 Å². The molecule has 0 radical (unpaired) electrons. The van der Waals surface area contributed by atoms with E-state index < -0.39 is 0 Å². The fourth-order valence-corrected chi connectivity index (χ4v) is 8.17. The summed E-state index contributed by atoms with van der Waals surface area (Å²) in [7, 11) is 0. The van der Waals surface area contributed by atoms with Gasteiger partial charge in [-0.25, -0.2) is 4.79 Å². The van der Waals surface area contributed by atoms with Crippen molar-refractivity contribution in [1.29, 1.82) is 0 Å². The molecule has 0 N–H and O–H groups in total. The average molecular weight is 464 g/mol. The molecule has 1 aromatic carbocycles. The molecule has 6 nitrogen and oxygen atoms in total. The highest BCUT2D eigenvalue weighted by molar-refractivity contribution is 5.81. The molecule has 0 amide bonds. The minimum absolute atomic E-state index is 0.0101. The zero-order valence-corrected chi connectivity index (χ0v) is 20.3. The fraction of sp³-hybridized carbons (Fsp3) is 0.679. The molecule has 4 unspecified atom stereocenters. The summed E-state index contributed by atoms with van der Waals surface area (Å²) in [5.74, 6) is 1.72. The number of benzene rings is 1. The van der Waals surface area contributed by atoms with Crippen molar-refractivity contribution < 1.29 is 4.79 Å². The number of hydrogen-bond acceptors (Lipinski definition) is 4. The number of Topliss-reactive ketones (excluding diaryl/α,β-unsaturated/α-hetero) is 1. The van der Waals surface area contributed by atoms with Crippen molar-refractivity contribution in [2.75, 3.05) is 0 Å². The van der Waals surface area contributed by atoms with Crippen LogP contribution in [0.3, 0.4) is 0 Å². The minimum atomic E-state index is -0.317. The van der Waals surface area contributed by atoms with Crippen LogP contribution in [0.15, 0.2) is 33.9 Å². The lowest BCUT2D eigenvalue weighted by Gasteiger charge is -2.55. The molecule has 4 atom stereocenters. The first kappa shape index (κ1) is 22.3. The number of nitrogens with zero attached hydrogens (tertiary/aromatic N) is 3. The molecule has 182 valence electrons. The van der Waals surface area contributed by atoms with Crippen LogP contribution in [0.4, 0.5) is 0 Å². The van der Waals surface area contributed by atoms with Crippen LogP contribution in [0.5, 0.6) is 0 Å². The third kappa shape index (κ3) is 3.78. The van der Waals surface area contributed by atoms with Crippen LogP contribution in [-0.4, -0.2) is 37.9 Å². The quantitative estimate of drug-likeness (QED) is 0.679. The van der Waals surface area contributed by atoms with E-state index in [-0.39, 0.29) is 29.6 Å². The molecular formula is C28H37N3O3. The Labute approximate surface area is 200 Å². The topological polar surface area (TPSA) is 64.3 Å². The minimum Gasteiger partial charge on any atom is -0.298 e. The predicted octanol–water partition coefficient (Wildman–Crippen LogP) is 4.28. The van der Waals surface area contributed by atoms with E-state index in [4.69, 9.17) is 0 Å². The first-order valence-corrected chi connectivity index (χ1v) is 13.5. The van der Waals surface area contributed by atoms with Crippen molar-refractivity contribution in [3.63, 3.8) is 0 Å². The molecule has 2 saturated heterocycles. The summed E-state index contributed by atoms with van der Waals surface area (Å²) in [6, 6.07) is 8.75. The summed E-state index contributed by atoms with van der Waals surface area (Å²) in [4.78, 5) is 42.0. The van der Waals surface area contributed by atoms with Gasteiger partial charge < -0.3 is 0 Å². The normalized spacial score (nSPS) is 33.7. The Morgan fingerprint density at radius 3 is 2.15 bits per heavy atom. The highest BCUT2D eigenvalue weighted by atomic mass is 16.2. The lowest BCUT2D eigenvalue weighted by molar-refractivity contribution is -0.117. The number of para-hydroxylation sites is 1. The molecule has 2 aliphatic carbocycles. The van der Waals surface area contributed by atoms with E-state index in [1.54, 1.807) is 12.1 Å². The SMILES string of the molecule is CC(=O)Cn1c(=O)n(C2CC3CCCC(C2)N3C2CC3CCCC(C3)C2)c(=O)c2ccccc21. The molecule has 1 aromatic heterocycles. The van der Waals surface area contributed by atoms with Gasteiger partial charge in [0.05, 0.1) is 17.4 Å². The maximum absolute atomic E-state index is 13.6. The van der Waals surface area contributed by atoms with Gasteiger partial charge >= 0.3 is 5.69 Å². The maximum Gasteiger partial charge on any atom is 0.332 e. The van der Waals surface area contributed by atoms with E-state index in [0.717, 1.165) is 24.7 Å². The van der Waals surface area contributed by atoms with E-state index in [0.29, 0.717) is 29.0 Å². The van der Waals surface area contributed by atoms with Gasteiger partial charge in [0.2, 0.25) is 0 Å². The first-order valence-electron chi connectivity index (χ1n) is 13.5. The highest BCUT2D eigenvalue weighted by Crippen LogP contribution is 2.47.